The molecule has 3 atom stereocenters. The number of aliphatic carboxylic acids is 1. The van der Waals surface area contributed by atoms with Crippen LogP contribution in [0.15, 0.2) is 0 Å². The Morgan fingerprint density at radius 2 is 2.33 bits per heavy atom. The van der Waals surface area contributed by atoms with Crippen molar-refractivity contribution in [3.05, 3.63) is 0 Å². The van der Waals surface area contributed by atoms with E-state index in [1.54, 1.807) is 0 Å². The molecule has 70 valence electrons. The van der Waals surface area contributed by atoms with Crippen LogP contribution in [0.3, 0.4) is 0 Å². The largest absolute Gasteiger partial charge is 0.481 e. The van der Waals surface area contributed by atoms with E-state index in [4.69, 9.17) is 5.11 Å². The summed E-state index contributed by atoms with van der Waals surface area (Å²) in [5.74, 6) is 0.0878. The third-order valence-electron chi connectivity index (χ3n) is 2.40. The normalized spacial score (nSPS) is 29.8. The van der Waals surface area contributed by atoms with Gasteiger partial charge in [-0.1, -0.05) is 6.92 Å². The molecular weight excluding hydrogens is 154 g/mol. The Kier molecular flexibility index (Phi) is 3.09. The second-order valence-electron chi connectivity index (χ2n) is 3.82. The Labute approximate surface area is 73.2 Å². The summed E-state index contributed by atoms with van der Waals surface area (Å²) >= 11 is 0. The third kappa shape index (κ3) is 3.22. The molecule has 0 amide bonds. The molecule has 1 rings (SSSR count). The summed E-state index contributed by atoms with van der Waals surface area (Å²) in [7, 11) is 0. The SMILES string of the molecule is CC(CCC(=O)O)NC1CC1C. The van der Waals surface area contributed by atoms with Gasteiger partial charge >= 0.3 is 5.97 Å². The van der Waals surface area contributed by atoms with Crippen LogP contribution in [0.1, 0.15) is 33.1 Å². The van der Waals surface area contributed by atoms with Crippen molar-refractivity contribution in [2.75, 3.05) is 0 Å². The maximum atomic E-state index is 10.2. The minimum absolute atomic E-state index is 0.273. The van der Waals surface area contributed by atoms with Crippen LogP contribution >= 0.6 is 0 Å². The van der Waals surface area contributed by atoms with E-state index in [0.29, 0.717) is 12.1 Å². The van der Waals surface area contributed by atoms with Gasteiger partial charge in [-0.2, -0.15) is 0 Å². The Morgan fingerprint density at radius 1 is 1.75 bits per heavy atom. The van der Waals surface area contributed by atoms with Crippen LogP contribution in [0.5, 0.6) is 0 Å². The quantitative estimate of drug-likeness (QED) is 0.654. The summed E-state index contributed by atoms with van der Waals surface area (Å²) in [6, 6.07) is 0.991. The van der Waals surface area contributed by atoms with Gasteiger partial charge in [-0.05, 0) is 25.7 Å². The third-order valence-corrected chi connectivity index (χ3v) is 2.40. The highest BCUT2D eigenvalue weighted by Gasteiger charge is 2.32. The van der Waals surface area contributed by atoms with Crippen LogP contribution in [-0.2, 0) is 4.79 Å². The highest BCUT2D eigenvalue weighted by molar-refractivity contribution is 5.66. The van der Waals surface area contributed by atoms with Crippen LogP contribution in [0, 0.1) is 5.92 Å². The first-order valence-corrected chi connectivity index (χ1v) is 4.57. The van der Waals surface area contributed by atoms with Crippen LogP contribution in [0.4, 0.5) is 0 Å². The Hall–Kier alpha value is -0.570. The lowest BCUT2D eigenvalue weighted by molar-refractivity contribution is -0.137. The van der Waals surface area contributed by atoms with Crippen molar-refractivity contribution in [3.63, 3.8) is 0 Å². The van der Waals surface area contributed by atoms with Crippen molar-refractivity contribution in [2.24, 2.45) is 5.92 Å². The fraction of sp³-hybridized carbons (Fsp3) is 0.889. The van der Waals surface area contributed by atoms with Crippen molar-refractivity contribution >= 4 is 5.97 Å². The number of rotatable bonds is 5. The van der Waals surface area contributed by atoms with Gasteiger partial charge in [0.15, 0.2) is 0 Å². The summed E-state index contributed by atoms with van der Waals surface area (Å²) in [6.07, 6.45) is 2.26. The zero-order chi connectivity index (χ0) is 9.14. The minimum Gasteiger partial charge on any atom is -0.481 e. The molecule has 3 unspecified atom stereocenters. The van der Waals surface area contributed by atoms with Gasteiger partial charge in [0.1, 0.15) is 0 Å². The summed E-state index contributed by atoms with van der Waals surface area (Å²) in [6.45, 7) is 4.26. The van der Waals surface area contributed by atoms with Gasteiger partial charge in [0.2, 0.25) is 0 Å². The summed E-state index contributed by atoms with van der Waals surface area (Å²) in [5.41, 5.74) is 0. The molecule has 0 heterocycles. The van der Waals surface area contributed by atoms with Gasteiger partial charge in [0, 0.05) is 18.5 Å². The number of hydrogen-bond acceptors (Lipinski definition) is 2. The second-order valence-corrected chi connectivity index (χ2v) is 3.82. The van der Waals surface area contributed by atoms with Gasteiger partial charge in [-0.25, -0.2) is 0 Å². The lowest BCUT2D eigenvalue weighted by Gasteiger charge is -2.11. The summed E-state index contributed by atoms with van der Waals surface area (Å²) in [4.78, 5) is 10.2. The maximum absolute atomic E-state index is 10.2. The van der Waals surface area contributed by atoms with E-state index in [0.717, 1.165) is 12.3 Å². The highest BCUT2D eigenvalue weighted by Crippen LogP contribution is 2.29. The molecule has 12 heavy (non-hydrogen) atoms. The lowest BCUT2D eigenvalue weighted by Crippen LogP contribution is -2.29. The lowest BCUT2D eigenvalue weighted by atomic mass is 10.2. The van der Waals surface area contributed by atoms with E-state index >= 15 is 0 Å². The zero-order valence-electron chi connectivity index (χ0n) is 7.71. The van der Waals surface area contributed by atoms with E-state index < -0.39 is 5.97 Å². The van der Waals surface area contributed by atoms with Crippen molar-refractivity contribution < 1.29 is 9.90 Å². The molecule has 1 saturated carbocycles. The van der Waals surface area contributed by atoms with Crippen LogP contribution in [-0.4, -0.2) is 23.2 Å². The average molecular weight is 171 g/mol. The number of carboxylic acid groups (broad SMARTS) is 1. The molecule has 0 saturated heterocycles. The molecule has 3 heteroatoms. The molecular formula is C9H17NO2. The molecule has 0 aromatic carbocycles. The van der Waals surface area contributed by atoms with E-state index in [9.17, 15) is 4.79 Å². The predicted octanol–water partition coefficient (Wildman–Crippen LogP) is 1.24. The average Bonchev–Trinajstić information content (AvgIpc) is 2.62. The predicted molar refractivity (Wildman–Crippen MR) is 47.0 cm³/mol. The van der Waals surface area contributed by atoms with Crippen molar-refractivity contribution in [1.82, 2.24) is 5.32 Å². The van der Waals surface area contributed by atoms with Gasteiger partial charge in [-0.3, -0.25) is 4.79 Å². The van der Waals surface area contributed by atoms with Crippen LogP contribution in [0.2, 0.25) is 0 Å². The Bertz CT molecular complexity index is 170. The van der Waals surface area contributed by atoms with Crippen molar-refractivity contribution in [1.29, 1.82) is 0 Å². The molecule has 3 nitrogen and oxygen atoms in total. The van der Waals surface area contributed by atoms with Crippen LogP contribution in [0.25, 0.3) is 0 Å². The summed E-state index contributed by atoms with van der Waals surface area (Å²) in [5, 5.41) is 11.8. The number of carbonyl (C=O) groups is 1. The van der Waals surface area contributed by atoms with Gasteiger partial charge in [-0.15, -0.1) is 0 Å². The first-order valence-electron chi connectivity index (χ1n) is 4.57. The summed E-state index contributed by atoms with van der Waals surface area (Å²) < 4.78 is 0. The van der Waals surface area contributed by atoms with E-state index in [1.807, 2.05) is 6.92 Å². The fourth-order valence-electron chi connectivity index (χ4n) is 1.34. The molecule has 1 aliphatic rings. The molecule has 1 fully saturated rings. The van der Waals surface area contributed by atoms with Crippen molar-refractivity contribution in [2.45, 2.75) is 45.2 Å². The van der Waals surface area contributed by atoms with Crippen molar-refractivity contribution in [3.8, 4) is 0 Å². The smallest absolute Gasteiger partial charge is 0.303 e. The monoisotopic (exact) mass is 171 g/mol. The van der Waals surface area contributed by atoms with E-state index in [1.165, 1.54) is 6.42 Å². The number of hydrogen-bond donors (Lipinski definition) is 2. The van der Waals surface area contributed by atoms with Gasteiger partial charge in [0.25, 0.3) is 0 Å². The number of nitrogens with one attached hydrogen (secondary N) is 1. The Balaban J connectivity index is 2.04. The molecule has 0 bridgehead atoms. The maximum Gasteiger partial charge on any atom is 0.303 e. The topological polar surface area (TPSA) is 49.3 Å². The molecule has 0 aromatic rings. The van der Waals surface area contributed by atoms with Crippen LogP contribution < -0.4 is 5.32 Å². The first kappa shape index (κ1) is 9.52. The van der Waals surface area contributed by atoms with E-state index in [2.05, 4.69) is 12.2 Å². The molecule has 0 aromatic heterocycles. The molecule has 0 spiro atoms. The molecule has 1 aliphatic carbocycles. The zero-order valence-corrected chi connectivity index (χ0v) is 7.71. The van der Waals surface area contributed by atoms with Gasteiger partial charge < -0.3 is 10.4 Å². The minimum atomic E-state index is -0.701. The first-order chi connectivity index (χ1) is 5.59. The highest BCUT2D eigenvalue weighted by atomic mass is 16.4. The molecule has 0 radical (unpaired) electrons. The number of carboxylic acids is 1. The van der Waals surface area contributed by atoms with Gasteiger partial charge in [0.05, 0.1) is 0 Å². The Morgan fingerprint density at radius 3 is 2.75 bits per heavy atom. The standard InChI is InChI=1S/C9H17NO2/c1-6-5-8(6)10-7(2)3-4-9(11)12/h6-8,10H,3-5H2,1-2H3,(H,11,12). The molecule has 2 N–H and O–H groups in total. The fourth-order valence-corrected chi connectivity index (χ4v) is 1.34. The molecule has 0 aliphatic heterocycles. The van der Waals surface area contributed by atoms with E-state index in [-0.39, 0.29) is 6.42 Å². The second kappa shape index (κ2) is 3.90.